The summed E-state index contributed by atoms with van der Waals surface area (Å²) in [5, 5.41) is 0. The van der Waals surface area contributed by atoms with E-state index in [1.54, 1.807) is 6.92 Å². The highest BCUT2D eigenvalue weighted by molar-refractivity contribution is 6.06. The second-order valence-corrected chi connectivity index (χ2v) is 4.77. The molecule has 0 heterocycles. The lowest BCUT2D eigenvalue weighted by Crippen LogP contribution is -2.57. The maximum absolute atomic E-state index is 13.2. The molecule has 0 amide bonds. The molecule has 0 saturated heterocycles. The van der Waals surface area contributed by atoms with Crippen LogP contribution < -0.4 is 0 Å². The highest BCUT2D eigenvalue weighted by Crippen LogP contribution is 2.46. The van der Waals surface area contributed by atoms with Gasteiger partial charge in [-0.05, 0) is 6.42 Å². The Morgan fingerprint density at radius 1 is 0.960 bits per heavy atom. The number of hydrogen-bond acceptors (Lipinski definition) is 4. The van der Waals surface area contributed by atoms with Gasteiger partial charge in [-0.15, -0.1) is 0 Å². The third-order valence-corrected chi connectivity index (χ3v) is 2.80. The number of rotatable bonds is 10. The average Bonchev–Trinajstić information content (AvgIpc) is 2.52. The fourth-order valence-corrected chi connectivity index (χ4v) is 1.18. The van der Waals surface area contributed by atoms with Crippen molar-refractivity contribution in [3.8, 4) is 0 Å². The molecule has 0 unspecified atom stereocenters. The van der Waals surface area contributed by atoms with Crippen LogP contribution in [0, 0.1) is 0 Å². The van der Waals surface area contributed by atoms with Crippen LogP contribution in [0.1, 0.15) is 19.8 Å². The first-order chi connectivity index (χ1) is 11.2. The standard InChI is InChI=1S/C14H15F7O4/c1-4-5-6-24-10(22)8(2)9(3)11(23)25-14(20,21)13(18,19)12(16,17)7-15/h2-7H2,1H3. The molecule has 0 fully saturated rings. The molecule has 0 aliphatic carbocycles. The van der Waals surface area contributed by atoms with Gasteiger partial charge >= 0.3 is 29.9 Å². The molecular formula is C14H15F7O4. The number of alkyl halides is 7. The van der Waals surface area contributed by atoms with Crippen LogP contribution in [-0.2, 0) is 19.1 Å². The highest BCUT2D eigenvalue weighted by atomic mass is 19.4. The van der Waals surface area contributed by atoms with Crippen molar-refractivity contribution < 1.29 is 49.8 Å². The van der Waals surface area contributed by atoms with E-state index >= 15 is 0 Å². The second kappa shape index (κ2) is 8.34. The number of unbranched alkanes of at least 4 members (excludes halogenated alkanes) is 1. The van der Waals surface area contributed by atoms with Crippen LogP contribution in [0.25, 0.3) is 0 Å². The normalized spacial score (nSPS) is 12.5. The van der Waals surface area contributed by atoms with E-state index in [1.165, 1.54) is 0 Å². The van der Waals surface area contributed by atoms with Gasteiger partial charge in [0, 0.05) is 0 Å². The van der Waals surface area contributed by atoms with E-state index in [0.717, 1.165) is 0 Å². The number of carbonyl (C=O) groups is 2. The van der Waals surface area contributed by atoms with Crippen molar-refractivity contribution in [1.82, 2.24) is 0 Å². The van der Waals surface area contributed by atoms with E-state index in [0.29, 0.717) is 12.8 Å². The van der Waals surface area contributed by atoms with Gasteiger partial charge in [-0.3, -0.25) is 0 Å². The van der Waals surface area contributed by atoms with Gasteiger partial charge in [0.25, 0.3) is 0 Å². The first-order valence-corrected chi connectivity index (χ1v) is 6.73. The van der Waals surface area contributed by atoms with Crippen LogP contribution in [0.4, 0.5) is 30.7 Å². The minimum atomic E-state index is -6.34. The molecule has 0 spiro atoms. The number of esters is 2. The molecule has 11 heteroatoms. The molecule has 0 aromatic rings. The first kappa shape index (κ1) is 22.9. The fraction of sp³-hybridized carbons (Fsp3) is 0.571. The third kappa shape index (κ3) is 5.20. The van der Waals surface area contributed by atoms with Crippen molar-refractivity contribution >= 4 is 11.9 Å². The van der Waals surface area contributed by atoms with Crippen molar-refractivity contribution in [2.24, 2.45) is 0 Å². The summed E-state index contributed by atoms with van der Waals surface area (Å²) in [5.41, 5.74) is -2.10. The summed E-state index contributed by atoms with van der Waals surface area (Å²) < 4.78 is 97.1. The van der Waals surface area contributed by atoms with Crippen molar-refractivity contribution in [3.63, 3.8) is 0 Å². The van der Waals surface area contributed by atoms with Crippen molar-refractivity contribution in [3.05, 3.63) is 24.3 Å². The lowest BCUT2D eigenvalue weighted by Gasteiger charge is -2.30. The summed E-state index contributed by atoms with van der Waals surface area (Å²) in [5.74, 6) is -15.7. The summed E-state index contributed by atoms with van der Waals surface area (Å²) >= 11 is 0. The van der Waals surface area contributed by atoms with E-state index in [9.17, 15) is 40.3 Å². The van der Waals surface area contributed by atoms with Crippen LogP contribution in [0.15, 0.2) is 24.3 Å². The van der Waals surface area contributed by atoms with Crippen molar-refractivity contribution in [2.45, 2.75) is 37.7 Å². The monoisotopic (exact) mass is 380 g/mol. The van der Waals surface area contributed by atoms with E-state index < -0.39 is 47.7 Å². The van der Waals surface area contributed by atoms with Gasteiger partial charge < -0.3 is 9.47 Å². The lowest BCUT2D eigenvalue weighted by atomic mass is 10.1. The predicted octanol–water partition coefficient (Wildman–Crippen LogP) is 3.82. The molecule has 0 N–H and O–H groups in total. The molecule has 0 aromatic carbocycles. The van der Waals surface area contributed by atoms with Crippen LogP contribution in [0.2, 0.25) is 0 Å². The van der Waals surface area contributed by atoms with E-state index in [-0.39, 0.29) is 6.61 Å². The second-order valence-electron chi connectivity index (χ2n) is 4.77. The number of halogens is 7. The summed E-state index contributed by atoms with van der Waals surface area (Å²) in [7, 11) is 0. The molecule has 0 aliphatic heterocycles. The number of ether oxygens (including phenoxy) is 2. The largest absolute Gasteiger partial charge is 0.473 e. The zero-order valence-electron chi connectivity index (χ0n) is 13.0. The molecule has 25 heavy (non-hydrogen) atoms. The van der Waals surface area contributed by atoms with E-state index in [1.807, 2.05) is 0 Å². The van der Waals surface area contributed by atoms with Crippen molar-refractivity contribution in [2.75, 3.05) is 13.3 Å². The van der Waals surface area contributed by atoms with Crippen LogP contribution in [0.5, 0.6) is 0 Å². The third-order valence-electron chi connectivity index (χ3n) is 2.80. The molecule has 0 rings (SSSR count). The minimum Gasteiger partial charge on any atom is -0.462 e. The molecular weight excluding hydrogens is 365 g/mol. The van der Waals surface area contributed by atoms with Crippen LogP contribution in [0.3, 0.4) is 0 Å². The summed E-state index contributed by atoms with van der Waals surface area (Å²) in [6.45, 7) is 4.37. The smallest absolute Gasteiger partial charge is 0.462 e. The Bertz CT molecular complexity index is 543. The van der Waals surface area contributed by atoms with E-state index in [2.05, 4.69) is 22.6 Å². The summed E-state index contributed by atoms with van der Waals surface area (Å²) in [6.07, 6.45) is -5.01. The molecule has 0 atom stereocenters. The Morgan fingerprint density at radius 3 is 1.88 bits per heavy atom. The molecule has 0 radical (unpaired) electrons. The van der Waals surface area contributed by atoms with Gasteiger partial charge in [-0.1, -0.05) is 26.5 Å². The van der Waals surface area contributed by atoms with Gasteiger partial charge in [0.1, 0.15) is 0 Å². The maximum Gasteiger partial charge on any atom is 0.473 e. The Morgan fingerprint density at radius 2 is 1.44 bits per heavy atom. The quantitative estimate of drug-likeness (QED) is 0.190. The zero-order chi connectivity index (χ0) is 20.1. The Labute approximate surface area is 138 Å². The first-order valence-electron chi connectivity index (χ1n) is 6.73. The number of carbonyl (C=O) groups excluding carboxylic acids is 2. The summed E-state index contributed by atoms with van der Waals surface area (Å²) in [6, 6.07) is 0. The minimum absolute atomic E-state index is 0.104. The SMILES string of the molecule is C=C(C(=C)C(=O)OC(F)(F)C(F)(F)C(F)(F)CF)C(=O)OCCCC. The van der Waals surface area contributed by atoms with Crippen LogP contribution >= 0.6 is 0 Å². The van der Waals surface area contributed by atoms with Gasteiger partial charge in [0.2, 0.25) is 0 Å². The molecule has 0 aliphatic rings. The predicted molar refractivity (Wildman–Crippen MR) is 71.1 cm³/mol. The topological polar surface area (TPSA) is 52.6 Å². The van der Waals surface area contributed by atoms with Gasteiger partial charge in [0.15, 0.2) is 6.67 Å². The van der Waals surface area contributed by atoms with Crippen LogP contribution in [-0.4, -0.2) is 43.2 Å². The van der Waals surface area contributed by atoms with Gasteiger partial charge in [-0.2, -0.15) is 26.3 Å². The fourth-order valence-electron chi connectivity index (χ4n) is 1.18. The molecule has 0 saturated carbocycles. The average molecular weight is 380 g/mol. The Hall–Kier alpha value is -2.07. The lowest BCUT2D eigenvalue weighted by molar-refractivity contribution is -0.385. The Balaban J connectivity index is 5.10. The molecule has 4 nitrogen and oxygen atoms in total. The molecule has 0 bridgehead atoms. The van der Waals surface area contributed by atoms with Gasteiger partial charge in [-0.25, -0.2) is 14.0 Å². The maximum atomic E-state index is 13.2. The van der Waals surface area contributed by atoms with Gasteiger partial charge in [0.05, 0.1) is 17.8 Å². The Kier molecular flexibility index (Phi) is 7.65. The summed E-state index contributed by atoms with van der Waals surface area (Å²) in [4.78, 5) is 22.8. The zero-order valence-corrected chi connectivity index (χ0v) is 13.0. The van der Waals surface area contributed by atoms with E-state index in [4.69, 9.17) is 0 Å². The number of hydrogen-bond donors (Lipinski definition) is 0. The highest BCUT2D eigenvalue weighted by Gasteiger charge is 2.74. The van der Waals surface area contributed by atoms with Crippen molar-refractivity contribution in [1.29, 1.82) is 0 Å². The molecule has 0 aromatic heterocycles. The molecule has 144 valence electrons.